The summed E-state index contributed by atoms with van der Waals surface area (Å²) in [5.41, 5.74) is 0.702. The van der Waals surface area contributed by atoms with Gasteiger partial charge in [-0.05, 0) is 44.0 Å². The number of fused-ring (bicyclic) bond motifs is 6. The summed E-state index contributed by atoms with van der Waals surface area (Å²) in [5, 5.41) is 10.9. The van der Waals surface area contributed by atoms with Crippen molar-refractivity contribution in [2.45, 2.75) is 31.5 Å². The number of quaternary nitrogens is 1. The van der Waals surface area contributed by atoms with E-state index in [2.05, 4.69) is 6.07 Å². The van der Waals surface area contributed by atoms with E-state index in [0.29, 0.717) is 27.7 Å². The molecule has 3 aliphatic heterocycles. The minimum atomic E-state index is -0.676. The number of imide groups is 1. The van der Waals surface area contributed by atoms with Crippen molar-refractivity contribution in [1.29, 1.82) is 5.26 Å². The quantitative estimate of drug-likeness (QED) is 0.438. The summed E-state index contributed by atoms with van der Waals surface area (Å²) in [5.74, 6) is -2.03. The molecule has 158 valence electrons. The molecule has 0 aliphatic carbocycles. The highest BCUT2D eigenvalue weighted by molar-refractivity contribution is 6.25. The third-order valence-electron chi connectivity index (χ3n) is 7.57. The van der Waals surface area contributed by atoms with E-state index in [-0.39, 0.29) is 17.9 Å². The van der Waals surface area contributed by atoms with Crippen molar-refractivity contribution in [3.05, 3.63) is 72.0 Å². The molecular formula is C26H20FN2O3+. The molecule has 5 atom stereocenters. The molecule has 2 amide bonds. The molecule has 3 saturated heterocycles. The van der Waals surface area contributed by atoms with Crippen LogP contribution < -0.4 is 4.48 Å². The molecular weight excluding hydrogens is 407 g/mol. The van der Waals surface area contributed by atoms with Gasteiger partial charge in [-0.2, -0.15) is 5.26 Å². The number of hydrogen-bond acceptors (Lipinski definition) is 4. The van der Waals surface area contributed by atoms with Gasteiger partial charge in [0.1, 0.15) is 17.7 Å². The van der Waals surface area contributed by atoms with Gasteiger partial charge in [-0.3, -0.25) is 0 Å². The number of rotatable bonds is 2. The average molecular weight is 427 g/mol. The second-order valence-corrected chi connectivity index (χ2v) is 9.12. The van der Waals surface area contributed by atoms with Gasteiger partial charge in [-0.15, -0.1) is 4.48 Å². The summed E-state index contributed by atoms with van der Waals surface area (Å²) in [6.45, 7) is 1.92. The zero-order chi connectivity index (χ0) is 22.3. The first-order valence-electron chi connectivity index (χ1n) is 10.8. The minimum absolute atomic E-state index is 0.241. The Morgan fingerprint density at radius 1 is 1.03 bits per heavy atom. The molecule has 0 saturated carbocycles. The number of halogens is 1. The van der Waals surface area contributed by atoms with Crippen LogP contribution in [-0.2, 0) is 14.3 Å². The highest BCUT2D eigenvalue weighted by atomic mass is 19.1. The molecule has 0 aromatic heterocycles. The van der Waals surface area contributed by atoms with Crippen molar-refractivity contribution in [1.82, 2.24) is 4.48 Å². The molecule has 3 aromatic rings. The van der Waals surface area contributed by atoms with Crippen LogP contribution in [0.2, 0.25) is 0 Å². The summed E-state index contributed by atoms with van der Waals surface area (Å²) >= 11 is 0. The fourth-order valence-corrected chi connectivity index (χ4v) is 6.19. The maximum absolute atomic E-state index is 14.3. The van der Waals surface area contributed by atoms with Gasteiger partial charge in [-0.25, -0.2) is 14.0 Å². The highest BCUT2D eigenvalue weighted by Gasteiger charge is 2.76. The lowest BCUT2D eigenvalue weighted by Gasteiger charge is -2.32. The van der Waals surface area contributed by atoms with E-state index in [4.69, 9.17) is 4.74 Å². The third kappa shape index (κ3) is 2.17. The molecule has 3 aromatic carbocycles. The Balaban J connectivity index is 1.70. The predicted octanol–water partition coefficient (Wildman–Crippen LogP) is 4.74. The van der Waals surface area contributed by atoms with Crippen LogP contribution in [0.25, 0.3) is 10.8 Å². The number of hydrogen-bond donors (Lipinski definition) is 0. The highest BCUT2D eigenvalue weighted by Crippen LogP contribution is 2.60. The van der Waals surface area contributed by atoms with Crippen molar-refractivity contribution in [3.63, 3.8) is 0 Å². The number of ether oxygens (including phenoxy) is 1. The summed E-state index contributed by atoms with van der Waals surface area (Å²) in [6.07, 6.45) is 1.19. The molecule has 0 spiro atoms. The Bertz CT molecular complexity index is 1360. The Hall–Kier alpha value is -3.40. The first-order valence-corrected chi connectivity index (χ1v) is 10.8. The second-order valence-electron chi connectivity index (χ2n) is 9.12. The molecule has 3 aliphatic rings. The molecule has 3 heterocycles. The van der Waals surface area contributed by atoms with Gasteiger partial charge < -0.3 is 4.74 Å². The third-order valence-corrected chi connectivity index (χ3v) is 7.57. The van der Waals surface area contributed by atoms with Crippen molar-refractivity contribution >= 4 is 34.0 Å². The van der Waals surface area contributed by atoms with Crippen LogP contribution in [0.4, 0.5) is 15.8 Å². The van der Waals surface area contributed by atoms with Crippen molar-refractivity contribution < 1.29 is 18.7 Å². The van der Waals surface area contributed by atoms with E-state index in [9.17, 15) is 19.2 Å². The number of amides is 2. The number of carbonyl (C=O) groups excluding carboxylic acids is 2. The lowest BCUT2D eigenvalue weighted by molar-refractivity contribution is -0.139. The Morgan fingerprint density at radius 3 is 2.44 bits per heavy atom. The van der Waals surface area contributed by atoms with E-state index >= 15 is 0 Å². The topological polar surface area (TPSA) is 67.2 Å². The summed E-state index contributed by atoms with van der Waals surface area (Å²) < 4.78 is 19.3. The van der Waals surface area contributed by atoms with E-state index in [1.807, 2.05) is 31.2 Å². The summed E-state index contributed by atoms with van der Waals surface area (Å²) in [6, 6.07) is 18.4. The summed E-state index contributed by atoms with van der Waals surface area (Å²) in [4.78, 5) is 28.6. The minimum Gasteiger partial charge on any atom is -0.370 e. The largest absolute Gasteiger partial charge is 0.370 e. The Labute approximate surface area is 184 Å². The zero-order valence-corrected chi connectivity index (χ0v) is 17.4. The van der Waals surface area contributed by atoms with Crippen LogP contribution in [0.15, 0.2) is 60.7 Å². The van der Waals surface area contributed by atoms with Crippen molar-refractivity contribution in [2.75, 3.05) is 0 Å². The molecule has 6 rings (SSSR count). The molecule has 5 nitrogen and oxygen atoms in total. The molecule has 1 unspecified atom stereocenters. The standard InChI is InChI=1S/C26H20FN2O3/c1-26-13-12-21(32-26)22-23(26)25(31)29(24(22)30,17-9-7-16(27)8-10-17)20-11-6-15(14-28)18-4-2-3-5-19(18)20/h2-11,21-23H,12-13H2,1H3/q+1/t21-,22-,23+,26+,29?/m0/s1. The van der Waals surface area contributed by atoms with E-state index < -0.39 is 27.7 Å². The van der Waals surface area contributed by atoms with Gasteiger partial charge >= 0.3 is 11.8 Å². The zero-order valence-electron chi connectivity index (χ0n) is 17.4. The van der Waals surface area contributed by atoms with Gasteiger partial charge in [0.15, 0.2) is 11.4 Å². The van der Waals surface area contributed by atoms with Gasteiger partial charge in [0, 0.05) is 29.0 Å². The fraction of sp³-hybridized carbons (Fsp3) is 0.269. The van der Waals surface area contributed by atoms with Crippen LogP contribution in [0.5, 0.6) is 0 Å². The second kappa shape index (κ2) is 6.32. The van der Waals surface area contributed by atoms with Crippen LogP contribution >= 0.6 is 0 Å². The van der Waals surface area contributed by atoms with Gasteiger partial charge in [-0.1, -0.05) is 18.2 Å². The number of nitrogens with zero attached hydrogens (tertiary/aromatic N) is 2. The SMILES string of the molecule is C[C@]12CC[C@H](O1)[C@@H]1C(=O)[N+](c3ccc(F)cc3)(c3ccc(C#N)c4ccccc34)C(=O)[C@@H]12. The first-order chi connectivity index (χ1) is 15.4. The Morgan fingerprint density at radius 2 is 1.75 bits per heavy atom. The van der Waals surface area contributed by atoms with Crippen LogP contribution in [0.3, 0.4) is 0 Å². The maximum atomic E-state index is 14.3. The first kappa shape index (κ1) is 19.3. The van der Waals surface area contributed by atoms with Gasteiger partial charge in [0.2, 0.25) is 0 Å². The van der Waals surface area contributed by atoms with Gasteiger partial charge in [0.25, 0.3) is 0 Å². The van der Waals surface area contributed by atoms with Gasteiger partial charge in [0.05, 0.1) is 23.3 Å². The molecule has 0 radical (unpaired) electrons. The fourth-order valence-electron chi connectivity index (χ4n) is 6.19. The van der Waals surface area contributed by atoms with E-state index in [0.717, 1.165) is 12.8 Å². The summed E-state index contributed by atoms with van der Waals surface area (Å²) in [7, 11) is 0. The lowest BCUT2D eigenvalue weighted by atomic mass is 9.74. The van der Waals surface area contributed by atoms with Crippen LogP contribution in [0, 0.1) is 29.0 Å². The average Bonchev–Trinajstić information content (AvgIpc) is 3.41. The van der Waals surface area contributed by atoms with Crippen LogP contribution in [-0.4, -0.2) is 23.5 Å². The maximum Gasteiger partial charge on any atom is 0.338 e. The van der Waals surface area contributed by atoms with E-state index in [1.165, 1.54) is 24.3 Å². The lowest BCUT2D eigenvalue weighted by Crippen LogP contribution is -2.53. The van der Waals surface area contributed by atoms with Crippen molar-refractivity contribution in [2.24, 2.45) is 11.8 Å². The smallest absolute Gasteiger partial charge is 0.338 e. The molecule has 32 heavy (non-hydrogen) atoms. The number of carbonyl (C=O) groups is 2. The molecule has 0 N–H and O–H groups in total. The monoisotopic (exact) mass is 427 g/mol. The number of nitriles is 1. The molecule has 2 bridgehead atoms. The molecule has 6 heteroatoms. The Kier molecular flexibility index (Phi) is 3.81. The molecule has 3 fully saturated rings. The van der Waals surface area contributed by atoms with E-state index in [1.54, 1.807) is 12.1 Å². The number of benzene rings is 3. The normalized spacial score (nSPS) is 33.0. The van der Waals surface area contributed by atoms with Crippen LogP contribution in [0.1, 0.15) is 25.3 Å². The predicted molar refractivity (Wildman–Crippen MR) is 116 cm³/mol. The van der Waals surface area contributed by atoms with Crippen molar-refractivity contribution in [3.8, 4) is 6.07 Å².